The van der Waals surface area contributed by atoms with Crippen molar-refractivity contribution in [1.82, 2.24) is 0 Å². The lowest BCUT2D eigenvalue weighted by Gasteiger charge is -2.05. The lowest BCUT2D eigenvalue weighted by molar-refractivity contribution is -0.120. The van der Waals surface area contributed by atoms with Gasteiger partial charge in [-0.1, -0.05) is 6.92 Å². The number of Topliss-reactive ketones (excluding diaryl/α,β-unsaturated/α-hetero) is 1. The number of primary amides is 1. The summed E-state index contributed by atoms with van der Waals surface area (Å²) in [7, 11) is 0. The third-order valence-corrected chi connectivity index (χ3v) is 2.00. The van der Waals surface area contributed by atoms with Crippen LogP contribution in [0.15, 0.2) is 18.2 Å². The number of hydrogen-bond acceptors (Lipinski definition) is 3. The van der Waals surface area contributed by atoms with Crippen molar-refractivity contribution in [3.8, 4) is 5.75 Å². The van der Waals surface area contributed by atoms with Gasteiger partial charge in [0, 0.05) is 12.5 Å². The molecule has 5 heteroatoms. The summed E-state index contributed by atoms with van der Waals surface area (Å²) in [4.78, 5) is 21.7. The van der Waals surface area contributed by atoms with Crippen molar-refractivity contribution in [2.45, 2.75) is 13.3 Å². The Morgan fingerprint density at radius 2 is 2.12 bits per heavy atom. The second-order valence-electron chi connectivity index (χ2n) is 3.19. The highest BCUT2D eigenvalue weighted by Crippen LogP contribution is 2.16. The highest BCUT2D eigenvalue weighted by Gasteiger charge is 2.09. The Labute approximate surface area is 92.2 Å². The van der Waals surface area contributed by atoms with Crippen molar-refractivity contribution < 1.29 is 18.7 Å². The molecule has 2 N–H and O–H groups in total. The summed E-state index contributed by atoms with van der Waals surface area (Å²) in [6, 6.07) is 3.65. The van der Waals surface area contributed by atoms with Gasteiger partial charge in [0.1, 0.15) is 18.2 Å². The zero-order chi connectivity index (χ0) is 12.1. The normalized spacial score (nSPS) is 9.88. The molecule has 86 valence electrons. The molecule has 1 rings (SSSR count). The average molecular weight is 225 g/mol. The summed E-state index contributed by atoms with van der Waals surface area (Å²) in [6.45, 7) is 1.61. The number of ether oxygens (including phenoxy) is 1. The van der Waals surface area contributed by atoms with Crippen LogP contribution >= 0.6 is 0 Å². The first kappa shape index (κ1) is 12.2. The van der Waals surface area contributed by atoms with Gasteiger partial charge >= 0.3 is 0 Å². The molecule has 0 fully saturated rings. The molecule has 0 aliphatic carbocycles. The molecule has 0 aliphatic rings. The molecule has 0 heterocycles. The minimum Gasteiger partial charge on any atom is -0.486 e. The van der Waals surface area contributed by atoms with Crippen molar-refractivity contribution in [3.05, 3.63) is 29.6 Å². The van der Waals surface area contributed by atoms with E-state index >= 15 is 0 Å². The van der Waals surface area contributed by atoms with Crippen LogP contribution in [0.25, 0.3) is 0 Å². The molecular formula is C11H12FNO3. The largest absolute Gasteiger partial charge is 0.486 e. The van der Waals surface area contributed by atoms with Gasteiger partial charge < -0.3 is 10.5 Å². The monoisotopic (exact) mass is 225 g/mol. The second-order valence-corrected chi connectivity index (χ2v) is 3.19. The lowest BCUT2D eigenvalue weighted by atomic mass is 10.2. The van der Waals surface area contributed by atoms with E-state index in [1.807, 2.05) is 0 Å². The number of halogens is 1. The van der Waals surface area contributed by atoms with Crippen molar-refractivity contribution >= 4 is 11.7 Å². The summed E-state index contributed by atoms with van der Waals surface area (Å²) < 4.78 is 18.3. The van der Waals surface area contributed by atoms with Gasteiger partial charge in [-0.05, 0) is 12.1 Å². The quantitative estimate of drug-likeness (QED) is 0.820. The van der Waals surface area contributed by atoms with Gasteiger partial charge in [0.25, 0.3) is 5.91 Å². The van der Waals surface area contributed by atoms with Crippen molar-refractivity contribution in [1.29, 1.82) is 0 Å². The Morgan fingerprint density at radius 3 is 2.62 bits per heavy atom. The molecule has 4 nitrogen and oxygen atoms in total. The van der Waals surface area contributed by atoms with Crippen LogP contribution in [0.2, 0.25) is 0 Å². The average Bonchev–Trinajstić information content (AvgIpc) is 2.25. The number of ketones is 1. The molecule has 1 amide bonds. The van der Waals surface area contributed by atoms with Crippen molar-refractivity contribution in [2.75, 3.05) is 6.61 Å². The van der Waals surface area contributed by atoms with E-state index in [4.69, 9.17) is 10.5 Å². The predicted octanol–water partition coefficient (Wildman–Crippen LogP) is 1.28. The molecule has 1 aromatic carbocycles. The van der Waals surface area contributed by atoms with E-state index in [1.165, 1.54) is 12.1 Å². The number of carbonyl (C=O) groups is 2. The van der Waals surface area contributed by atoms with Crippen LogP contribution in [0.5, 0.6) is 5.75 Å². The van der Waals surface area contributed by atoms with E-state index in [2.05, 4.69) is 0 Å². The molecular weight excluding hydrogens is 213 g/mol. The maximum atomic E-state index is 13.2. The maximum Gasteiger partial charge on any atom is 0.251 e. The molecule has 0 unspecified atom stereocenters. The SMILES string of the molecule is CCC(=O)COc1ccc(C(N)=O)c(F)c1. The van der Waals surface area contributed by atoms with Gasteiger partial charge in [-0.25, -0.2) is 4.39 Å². The summed E-state index contributed by atoms with van der Waals surface area (Å²) in [5.74, 6) is -1.48. The number of nitrogens with two attached hydrogens (primary N) is 1. The van der Waals surface area contributed by atoms with Gasteiger partial charge in [0.05, 0.1) is 5.56 Å². The summed E-state index contributed by atoms with van der Waals surface area (Å²) >= 11 is 0. The maximum absolute atomic E-state index is 13.2. The second kappa shape index (κ2) is 5.25. The van der Waals surface area contributed by atoms with Crippen LogP contribution in [-0.2, 0) is 4.79 Å². The zero-order valence-corrected chi connectivity index (χ0v) is 8.83. The standard InChI is InChI=1S/C11H12FNO3/c1-2-7(14)6-16-8-3-4-9(11(13)15)10(12)5-8/h3-5H,2,6H2,1H3,(H2,13,15). The number of benzene rings is 1. The Bertz CT molecular complexity index is 418. The first-order valence-electron chi connectivity index (χ1n) is 4.78. The van der Waals surface area contributed by atoms with Gasteiger partial charge in [-0.15, -0.1) is 0 Å². The summed E-state index contributed by atoms with van der Waals surface area (Å²) in [6.07, 6.45) is 0.363. The van der Waals surface area contributed by atoms with E-state index < -0.39 is 11.7 Å². The Morgan fingerprint density at radius 1 is 1.44 bits per heavy atom. The first-order valence-corrected chi connectivity index (χ1v) is 4.78. The molecule has 0 atom stereocenters. The molecule has 0 aromatic heterocycles. The highest BCUT2D eigenvalue weighted by molar-refractivity contribution is 5.93. The summed E-state index contributed by atoms with van der Waals surface area (Å²) in [5, 5.41) is 0. The van der Waals surface area contributed by atoms with Gasteiger partial charge in [-0.3, -0.25) is 9.59 Å². The molecule has 16 heavy (non-hydrogen) atoms. The number of hydrogen-bond donors (Lipinski definition) is 1. The lowest BCUT2D eigenvalue weighted by Crippen LogP contribution is -2.14. The topological polar surface area (TPSA) is 69.4 Å². The van der Waals surface area contributed by atoms with Crippen molar-refractivity contribution in [2.24, 2.45) is 5.73 Å². The summed E-state index contributed by atoms with van der Waals surface area (Å²) in [5.41, 5.74) is 4.73. The third-order valence-electron chi connectivity index (χ3n) is 2.00. The fourth-order valence-electron chi connectivity index (χ4n) is 1.05. The number of rotatable bonds is 5. The van der Waals surface area contributed by atoms with Gasteiger partial charge in [0.2, 0.25) is 0 Å². The van der Waals surface area contributed by atoms with E-state index in [-0.39, 0.29) is 23.7 Å². The van der Waals surface area contributed by atoms with Crippen LogP contribution in [0.3, 0.4) is 0 Å². The predicted molar refractivity (Wildman–Crippen MR) is 55.7 cm³/mol. The molecule has 0 aliphatic heterocycles. The molecule has 1 aromatic rings. The van der Waals surface area contributed by atoms with E-state index in [0.717, 1.165) is 6.07 Å². The molecule has 0 radical (unpaired) electrons. The van der Waals surface area contributed by atoms with Gasteiger partial charge in [-0.2, -0.15) is 0 Å². The Kier molecular flexibility index (Phi) is 3.99. The van der Waals surface area contributed by atoms with Crippen LogP contribution in [0, 0.1) is 5.82 Å². The molecule has 0 saturated heterocycles. The van der Waals surface area contributed by atoms with Crippen LogP contribution in [0.4, 0.5) is 4.39 Å². The van der Waals surface area contributed by atoms with E-state index in [0.29, 0.717) is 6.42 Å². The van der Waals surface area contributed by atoms with E-state index in [9.17, 15) is 14.0 Å². The fraction of sp³-hybridized carbons (Fsp3) is 0.273. The highest BCUT2D eigenvalue weighted by atomic mass is 19.1. The first-order chi connectivity index (χ1) is 7.54. The minimum atomic E-state index is -0.839. The third kappa shape index (κ3) is 3.05. The number of carbonyl (C=O) groups excluding carboxylic acids is 2. The minimum absolute atomic E-state index is 0.0839. The Hall–Kier alpha value is -1.91. The number of amides is 1. The molecule has 0 spiro atoms. The van der Waals surface area contributed by atoms with E-state index in [1.54, 1.807) is 6.92 Å². The van der Waals surface area contributed by atoms with Crippen LogP contribution in [-0.4, -0.2) is 18.3 Å². The van der Waals surface area contributed by atoms with Gasteiger partial charge in [0.15, 0.2) is 5.78 Å². The fourth-order valence-corrected chi connectivity index (χ4v) is 1.05. The Balaban J connectivity index is 2.74. The van der Waals surface area contributed by atoms with Crippen LogP contribution in [0.1, 0.15) is 23.7 Å². The molecule has 0 saturated carbocycles. The smallest absolute Gasteiger partial charge is 0.251 e. The zero-order valence-electron chi connectivity index (χ0n) is 8.83. The van der Waals surface area contributed by atoms with Crippen molar-refractivity contribution in [3.63, 3.8) is 0 Å². The van der Waals surface area contributed by atoms with Crippen LogP contribution < -0.4 is 10.5 Å². The molecule has 0 bridgehead atoms.